The van der Waals surface area contributed by atoms with Crippen molar-refractivity contribution in [2.75, 3.05) is 7.05 Å². The van der Waals surface area contributed by atoms with E-state index in [4.69, 9.17) is 11.6 Å². The van der Waals surface area contributed by atoms with Crippen molar-refractivity contribution in [3.63, 3.8) is 0 Å². The smallest absolute Gasteiger partial charge is 0.274 e. The highest BCUT2D eigenvalue weighted by Crippen LogP contribution is 2.18. The van der Waals surface area contributed by atoms with E-state index in [1.807, 2.05) is 13.8 Å². The summed E-state index contributed by atoms with van der Waals surface area (Å²) in [5.41, 5.74) is 0.199. The van der Waals surface area contributed by atoms with E-state index in [1.54, 1.807) is 14.0 Å². The summed E-state index contributed by atoms with van der Waals surface area (Å²) < 4.78 is 0. The van der Waals surface area contributed by atoms with Gasteiger partial charge >= 0.3 is 0 Å². The second kappa shape index (κ2) is 6.17. The number of aryl methyl sites for hydroxylation is 1. The summed E-state index contributed by atoms with van der Waals surface area (Å²) in [6.07, 6.45) is 1.46. The minimum atomic E-state index is -0.285. The maximum absolute atomic E-state index is 12.4. The Morgan fingerprint density at radius 1 is 1.43 bits per heavy atom. The Morgan fingerprint density at radius 3 is 2.71 bits per heavy atom. The van der Waals surface area contributed by atoms with Crippen LogP contribution in [0.2, 0.25) is 5.02 Å². The highest BCUT2D eigenvalue weighted by atomic mass is 35.5. The summed E-state index contributed by atoms with van der Waals surface area (Å²) in [4.78, 5) is 26.5. The van der Waals surface area contributed by atoms with E-state index in [0.717, 1.165) is 0 Å². The van der Waals surface area contributed by atoms with Gasteiger partial charge in [-0.15, -0.1) is 0 Å². The molecule has 2 aromatic heterocycles. The van der Waals surface area contributed by atoms with Crippen molar-refractivity contribution in [2.45, 2.75) is 33.2 Å². The molecule has 0 aromatic carbocycles. The fourth-order valence-electron chi connectivity index (χ4n) is 1.73. The van der Waals surface area contributed by atoms with Crippen LogP contribution in [0.5, 0.6) is 0 Å². The van der Waals surface area contributed by atoms with E-state index in [1.165, 1.54) is 11.1 Å². The van der Waals surface area contributed by atoms with Gasteiger partial charge in [-0.3, -0.25) is 9.89 Å². The molecule has 0 atom stereocenters. The van der Waals surface area contributed by atoms with Gasteiger partial charge in [-0.25, -0.2) is 15.0 Å². The minimum Gasteiger partial charge on any atom is -0.333 e. The zero-order valence-electron chi connectivity index (χ0n) is 12.4. The molecule has 2 rings (SSSR count). The Hall–Kier alpha value is -2.02. The first kappa shape index (κ1) is 15.4. The third-order valence-corrected chi connectivity index (χ3v) is 3.13. The topological polar surface area (TPSA) is 87.7 Å². The van der Waals surface area contributed by atoms with E-state index in [2.05, 4.69) is 25.1 Å². The first-order valence-electron chi connectivity index (χ1n) is 6.54. The number of nitrogens with one attached hydrogen (secondary N) is 1. The second-order valence-corrected chi connectivity index (χ2v) is 5.48. The maximum Gasteiger partial charge on any atom is 0.274 e. The molecule has 0 aliphatic heterocycles. The number of carbonyl (C=O) groups is 1. The van der Waals surface area contributed by atoms with Crippen molar-refractivity contribution >= 4 is 17.5 Å². The lowest BCUT2D eigenvalue weighted by Gasteiger charge is -2.16. The van der Waals surface area contributed by atoms with Crippen LogP contribution in [-0.4, -0.2) is 43.0 Å². The monoisotopic (exact) mass is 308 g/mol. The van der Waals surface area contributed by atoms with Crippen LogP contribution in [-0.2, 0) is 6.54 Å². The number of halogens is 1. The van der Waals surface area contributed by atoms with E-state index >= 15 is 0 Å². The molecule has 0 radical (unpaired) electrons. The highest BCUT2D eigenvalue weighted by molar-refractivity contribution is 6.33. The molecule has 0 saturated carbocycles. The number of rotatable bonds is 4. The summed E-state index contributed by atoms with van der Waals surface area (Å²) in [6.45, 7) is 5.99. The van der Waals surface area contributed by atoms with Crippen molar-refractivity contribution in [3.05, 3.63) is 34.4 Å². The highest BCUT2D eigenvalue weighted by Gasteiger charge is 2.20. The van der Waals surface area contributed by atoms with Gasteiger partial charge in [0, 0.05) is 13.0 Å². The average molecular weight is 309 g/mol. The molecule has 0 unspecified atom stereocenters. The lowest BCUT2D eigenvalue weighted by atomic mass is 10.2. The van der Waals surface area contributed by atoms with E-state index in [0.29, 0.717) is 17.5 Å². The molecule has 0 fully saturated rings. The third-order valence-electron chi connectivity index (χ3n) is 2.85. The quantitative estimate of drug-likeness (QED) is 0.932. The molecule has 21 heavy (non-hydrogen) atoms. The van der Waals surface area contributed by atoms with E-state index in [-0.39, 0.29) is 29.1 Å². The Kier molecular flexibility index (Phi) is 4.52. The van der Waals surface area contributed by atoms with Crippen molar-refractivity contribution in [1.82, 2.24) is 30.0 Å². The number of H-pyrrole nitrogens is 1. The Morgan fingerprint density at radius 2 is 2.14 bits per heavy atom. The van der Waals surface area contributed by atoms with E-state index in [9.17, 15) is 4.79 Å². The minimum absolute atomic E-state index is 0.120. The maximum atomic E-state index is 12.4. The summed E-state index contributed by atoms with van der Waals surface area (Å²) in [5.74, 6) is 1.66. The van der Waals surface area contributed by atoms with Crippen molar-refractivity contribution in [1.29, 1.82) is 0 Å². The number of nitrogens with zero attached hydrogens (tertiary/aromatic N) is 5. The van der Waals surface area contributed by atoms with Gasteiger partial charge < -0.3 is 4.90 Å². The molecule has 8 heteroatoms. The number of hydrogen-bond donors (Lipinski definition) is 1. The fourth-order valence-corrected chi connectivity index (χ4v) is 1.91. The van der Waals surface area contributed by atoms with Crippen molar-refractivity contribution in [3.8, 4) is 0 Å². The standard InChI is InChI=1S/C13H17ClN6O/c1-7(2)12-15-5-9(14)11(17-12)13(21)20(4)6-10-16-8(3)18-19-10/h5,7H,6H2,1-4H3,(H,16,18,19). The molecule has 0 aliphatic rings. The van der Waals surface area contributed by atoms with Crippen molar-refractivity contribution < 1.29 is 4.79 Å². The van der Waals surface area contributed by atoms with Gasteiger partial charge in [-0.05, 0) is 6.92 Å². The molecule has 112 valence electrons. The first-order valence-corrected chi connectivity index (χ1v) is 6.92. The third kappa shape index (κ3) is 3.55. The van der Waals surface area contributed by atoms with Crippen LogP contribution in [0.15, 0.2) is 6.20 Å². The first-order chi connectivity index (χ1) is 9.88. The number of aromatic amines is 1. The lowest BCUT2D eigenvalue weighted by molar-refractivity contribution is 0.0775. The molecule has 2 heterocycles. The molecular formula is C13H17ClN6O. The SMILES string of the molecule is Cc1nc(CN(C)C(=O)c2nc(C(C)C)ncc2Cl)n[nH]1. The van der Waals surface area contributed by atoms with Crippen LogP contribution >= 0.6 is 11.6 Å². The molecular weight excluding hydrogens is 292 g/mol. The number of amides is 1. The van der Waals surface area contributed by atoms with Gasteiger partial charge in [0.2, 0.25) is 0 Å². The largest absolute Gasteiger partial charge is 0.333 e. The summed E-state index contributed by atoms with van der Waals surface area (Å²) >= 11 is 6.04. The zero-order valence-corrected chi connectivity index (χ0v) is 13.1. The molecule has 1 N–H and O–H groups in total. The van der Waals surface area contributed by atoms with Crippen LogP contribution in [0.25, 0.3) is 0 Å². The Bertz CT molecular complexity index is 654. The Balaban J connectivity index is 2.20. The van der Waals surface area contributed by atoms with Gasteiger partial charge in [-0.2, -0.15) is 5.10 Å². The van der Waals surface area contributed by atoms with E-state index < -0.39 is 0 Å². The van der Waals surface area contributed by atoms with Crippen LogP contribution < -0.4 is 0 Å². The molecule has 0 bridgehead atoms. The predicted octanol–water partition coefficient (Wildman–Crippen LogP) is 1.95. The van der Waals surface area contributed by atoms with Gasteiger partial charge in [0.25, 0.3) is 5.91 Å². The van der Waals surface area contributed by atoms with Crippen LogP contribution in [0.4, 0.5) is 0 Å². The number of aromatic nitrogens is 5. The van der Waals surface area contributed by atoms with Gasteiger partial charge in [0.1, 0.15) is 11.6 Å². The van der Waals surface area contributed by atoms with Gasteiger partial charge in [0.05, 0.1) is 17.8 Å². The number of hydrogen-bond acceptors (Lipinski definition) is 5. The molecule has 1 amide bonds. The molecule has 0 spiro atoms. The molecule has 0 saturated heterocycles. The van der Waals surface area contributed by atoms with Crippen molar-refractivity contribution in [2.24, 2.45) is 0 Å². The zero-order chi connectivity index (χ0) is 15.6. The summed E-state index contributed by atoms with van der Waals surface area (Å²) in [7, 11) is 1.65. The lowest BCUT2D eigenvalue weighted by Crippen LogP contribution is -2.28. The van der Waals surface area contributed by atoms with Crippen LogP contribution in [0.3, 0.4) is 0 Å². The second-order valence-electron chi connectivity index (χ2n) is 5.08. The number of carbonyl (C=O) groups excluding carboxylic acids is 1. The summed E-state index contributed by atoms with van der Waals surface area (Å²) in [6, 6.07) is 0. The predicted molar refractivity (Wildman–Crippen MR) is 78.0 cm³/mol. The normalized spacial score (nSPS) is 11.0. The van der Waals surface area contributed by atoms with Crippen LogP contribution in [0.1, 0.15) is 47.7 Å². The fraction of sp³-hybridized carbons (Fsp3) is 0.462. The van der Waals surface area contributed by atoms with Gasteiger partial charge in [-0.1, -0.05) is 25.4 Å². The van der Waals surface area contributed by atoms with Crippen LogP contribution in [0, 0.1) is 6.92 Å². The molecule has 7 nitrogen and oxygen atoms in total. The summed E-state index contributed by atoms with van der Waals surface area (Å²) in [5, 5.41) is 6.98. The van der Waals surface area contributed by atoms with Gasteiger partial charge in [0.15, 0.2) is 11.5 Å². The average Bonchev–Trinajstić information content (AvgIpc) is 2.83. The Labute approximate surface area is 127 Å². The molecule has 0 aliphatic carbocycles. The molecule has 2 aromatic rings.